The van der Waals surface area contributed by atoms with Gasteiger partial charge in [0.05, 0.1) is 4.01 Å². The molecule has 5 heteroatoms. The molecule has 0 radical (unpaired) electrons. The Hall–Kier alpha value is -0.580. The van der Waals surface area contributed by atoms with Gasteiger partial charge in [0, 0.05) is 10.3 Å². The monoisotopic (exact) mass is 290 g/mol. The van der Waals surface area contributed by atoms with E-state index >= 15 is 0 Å². The third kappa shape index (κ3) is 3.44. The number of hydrogen-bond donors (Lipinski definition) is 1. The predicted molar refractivity (Wildman–Crippen MR) is 77.1 cm³/mol. The van der Waals surface area contributed by atoms with Crippen LogP contribution in [0.25, 0.3) is 9.40 Å². The average Bonchev–Trinajstić information content (AvgIpc) is 2.75. The van der Waals surface area contributed by atoms with Crippen LogP contribution in [0.3, 0.4) is 0 Å². The van der Waals surface area contributed by atoms with Gasteiger partial charge >= 0.3 is 5.97 Å². The summed E-state index contributed by atoms with van der Waals surface area (Å²) in [5.74, 6) is -0.819. The third-order valence-corrected chi connectivity index (χ3v) is 4.94. The highest BCUT2D eigenvalue weighted by atomic mass is 35.5. The van der Waals surface area contributed by atoms with Crippen molar-refractivity contribution in [1.82, 2.24) is 0 Å². The van der Waals surface area contributed by atoms with Crippen molar-refractivity contribution in [3.05, 3.63) is 21.9 Å². The number of thiophene rings is 2. The van der Waals surface area contributed by atoms with Crippen LogP contribution in [-0.2, 0) is 6.42 Å². The van der Waals surface area contributed by atoms with Crippen LogP contribution in [0.15, 0.2) is 12.1 Å². The van der Waals surface area contributed by atoms with Crippen LogP contribution in [0, 0.1) is 0 Å². The number of fused-ring (bicyclic) bond motifs is 1. The van der Waals surface area contributed by atoms with Crippen molar-refractivity contribution < 1.29 is 9.90 Å². The molecule has 0 spiro atoms. The highest BCUT2D eigenvalue weighted by Gasteiger charge is 2.10. The van der Waals surface area contributed by atoms with Gasteiger partial charge in [-0.2, -0.15) is 0 Å². The van der Waals surface area contributed by atoms with Crippen molar-refractivity contribution in [3.63, 3.8) is 0 Å². The van der Waals surface area contributed by atoms with Gasteiger partial charge in [0.15, 0.2) is 0 Å². The van der Waals surface area contributed by atoms with Gasteiger partial charge < -0.3 is 5.11 Å². The molecule has 0 aliphatic rings. The Morgan fingerprint density at radius 2 is 2.06 bits per heavy atom. The molecule has 17 heavy (non-hydrogen) atoms. The second kappa shape index (κ2) is 6.38. The number of hydrogen-bond acceptors (Lipinski definition) is 3. The van der Waals surface area contributed by atoms with Gasteiger partial charge in [-0.1, -0.05) is 19.8 Å². The molecule has 0 amide bonds. The number of carboxylic acids is 1. The quantitative estimate of drug-likeness (QED) is 0.802. The summed E-state index contributed by atoms with van der Waals surface area (Å²) in [5, 5.41) is 9.96. The molecule has 0 unspecified atom stereocenters. The molecule has 0 aliphatic carbocycles. The van der Waals surface area contributed by atoms with E-state index in [1.165, 1.54) is 35.5 Å². The maximum absolute atomic E-state index is 10.8. The molecule has 0 aliphatic heterocycles. The van der Waals surface area contributed by atoms with E-state index in [0.717, 1.165) is 15.8 Å². The zero-order chi connectivity index (χ0) is 11.5. The van der Waals surface area contributed by atoms with Crippen LogP contribution in [-0.4, -0.2) is 11.1 Å². The lowest BCUT2D eigenvalue weighted by Crippen LogP contribution is -1.89. The Kier molecular flexibility index (Phi) is 5.43. The lowest BCUT2D eigenvalue weighted by atomic mass is 10.2. The predicted octanol–water partition coefficient (Wildman–Crippen LogP) is 4.82. The number of unbranched alkanes of at least 4 members (excludes halogenated alkanes) is 2. The van der Waals surface area contributed by atoms with E-state index in [9.17, 15) is 4.79 Å². The van der Waals surface area contributed by atoms with Gasteiger partial charge in [-0.05, 0) is 25.0 Å². The lowest BCUT2D eigenvalue weighted by Gasteiger charge is -1.94. The molecule has 2 aromatic rings. The van der Waals surface area contributed by atoms with Gasteiger partial charge in [0.2, 0.25) is 0 Å². The van der Waals surface area contributed by atoms with E-state index in [1.807, 2.05) is 0 Å². The maximum atomic E-state index is 10.8. The fraction of sp³-hybridized carbons (Fsp3) is 0.417. The molecule has 0 saturated carbocycles. The molecule has 2 nitrogen and oxygen atoms in total. The van der Waals surface area contributed by atoms with Crippen LogP contribution >= 0.6 is 35.1 Å². The number of rotatable bonds is 5. The summed E-state index contributed by atoms with van der Waals surface area (Å²) >= 11 is 3.13. The zero-order valence-electron chi connectivity index (χ0n) is 9.56. The summed E-state index contributed by atoms with van der Waals surface area (Å²) in [7, 11) is 0. The van der Waals surface area contributed by atoms with Crippen LogP contribution < -0.4 is 0 Å². The van der Waals surface area contributed by atoms with Gasteiger partial charge in [-0.25, -0.2) is 4.79 Å². The van der Waals surface area contributed by atoms with Crippen molar-refractivity contribution in [2.24, 2.45) is 0 Å². The van der Waals surface area contributed by atoms with Gasteiger partial charge in [-0.15, -0.1) is 35.1 Å². The second-order valence-corrected chi connectivity index (χ2v) is 6.28. The standard InChI is InChI=1S/C12H14O2S2.ClH/c1-2-3-4-5-9-6-8-7-10(11(13)14)16-12(8)15-9;/h6-7H,2-5H2,1H3,(H,13,14);1H. The van der Waals surface area contributed by atoms with Gasteiger partial charge in [0.1, 0.15) is 4.88 Å². The Balaban J connectivity index is 0.00000144. The molecule has 0 saturated heterocycles. The topological polar surface area (TPSA) is 37.3 Å². The molecule has 0 bridgehead atoms. The summed E-state index contributed by atoms with van der Waals surface area (Å²) in [6.07, 6.45) is 4.87. The summed E-state index contributed by atoms with van der Waals surface area (Å²) < 4.78 is 1.14. The Bertz CT molecular complexity index is 470. The van der Waals surface area contributed by atoms with E-state index in [4.69, 9.17) is 5.11 Å². The van der Waals surface area contributed by atoms with E-state index in [0.29, 0.717) is 4.88 Å². The average molecular weight is 291 g/mol. The first-order chi connectivity index (χ1) is 7.70. The smallest absolute Gasteiger partial charge is 0.345 e. The van der Waals surface area contributed by atoms with Gasteiger partial charge in [0.25, 0.3) is 0 Å². The van der Waals surface area contributed by atoms with E-state index in [-0.39, 0.29) is 12.4 Å². The number of carbonyl (C=O) groups is 1. The molecule has 2 heterocycles. The van der Waals surface area contributed by atoms with Crippen LogP contribution in [0.5, 0.6) is 0 Å². The normalized spacial score (nSPS) is 10.4. The highest BCUT2D eigenvalue weighted by Crippen LogP contribution is 2.34. The number of aryl methyl sites for hydroxylation is 1. The number of aromatic carboxylic acids is 1. The summed E-state index contributed by atoms with van der Waals surface area (Å²) in [5.41, 5.74) is 0. The highest BCUT2D eigenvalue weighted by molar-refractivity contribution is 7.39. The third-order valence-electron chi connectivity index (χ3n) is 2.50. The van der Waals surface area contributed by atoms with Crippen molar-refractivity contribution in [2.45, 2.75) is 32.6 Å². The van der Waals surface area contributed by atoms with Crippen molar-refractivity contribution >= 4 is 50.4 Å². The minimum absolute atomic E-state index is 0. The zero-order valence-corrected chi connectivity index (χ0v) is 12.0. The van der Waals surface area contributed by atoms with Crippen LogP contribution in [0.2, 0.25) is 0 Å². The maximum Gasteiger partial charge on any atom is 0.345 e. The first kappa shape index (κ1) is 14.5. The van der Waals surface area contributed by atoms with Crippen molar-refractivity contribution in [3.8, 4) is 0 Å². The fourth-order valence-electron chi connectivity index (χ4n) is 1.67. The van der Waals surface area contributed by atoms with E-state index in [1.54, 1.807) is 17.4 Å². The number of halogens is 1. The Morgan fingerprint density at radius 1 is 1.29 bits per heavy atom. The van der Waals surface area contributed by atoms with Crippen LogP contribution in [0.1, 0.15) is 40.7 Å². The molecule has 94 valence electrons. The van der Waals surface area contributed by atoms with E-state index < -0.39 is 5.97 Å². The molecule has 0 aromatic carbocycles. The number of carboxylic acid groups (broad SMARTS) is 1. The lowest BCUT2D eigenvalue weighted by molar-refractivity contribution is 0.0702. The molecule has 2 rings (SSSR count). The minimum atomic E-state index is -0.819. The van der Waals surface area contributed by atoms with Crippen LogP contribution in [0.4, 0.5) is 0 Å². The van der Waals surface area contributed by atoms with Crippen molar-refractivity contribution in [2.75, 3.05) is 0 Å². The first-order valence-electron chi connectivity index (χ1n) is 5.46. The molecule has 0 atom stereocenters. The molecule has 2 aromatic heterocycles. The molecule has 0 fully saturated rings. The van der Waals surface area contributed by atoms with E-state index in [2.05, 4.69) is 13.0 Å². The molecular weight excluding hydrogens is 276 g/mol. The SMILES string of the molecule is CCCCCc1cc2cc(C(=O)O)sc2s1.Cl. The summed E-state index contributed by atoms with van der Waals surface area (Å²) in [6.45, 7) is 2.20. The van der Waals surface area contributed by atoms with Crippen molar-refractivity contribution in [1.29, 1.82) is 0 Å². The first-order valence-corrected chi connectivity index (χ1v) is 7.09. The van der Waals surface area contributed by atoms with Gasteiger partial charge in [-0.3, -0.25) is 0 Å². The second-order valence-electron chi connectivity index (χ2n) is 3.83. The fourth-order valence-corrected chi connectivity index (χ4v) is 4.04. The molecular formula is C12H15ClO2S2. The molecule has 1 N–H and O–H groups in total. The minimum Gasteiger partial charge on any atom is -0.477 e. The summed E-state index contributed by atoms with van der Waals surface area (Å²) in [4.78, 5) is 12.6. The largest absolute Gasteiger partial charge is 0.477 e. The Morgan fingerprint density at radius 3 is 2.65 bits per heavy atom. The Labute approximate surface area is 115 Å². The summed E-state index contributed by atoms with van der Waals surface area (Å²) in [6, 6.07) is 3.92.